The summed E-state index contributed by atoms with van der Waals surface area (Å²) in [7, 11) is -10.7. The summed E-state index contributed by atoms with van der Waals surface area (Å²) in [6, 6.07) is 0. The number of carbonyl (C=O) groups is 2. The third kappa shape index (κ3) is 24.1. The number of esters is 2. The molecule has 17 nitrogen and oxygen atoms in total. The van der Waals surface area contributed by atoms with E-state index in [1.165, 1.54) is 44.9 Å². The monoisotopic (exact) mass is 835 g/mol. The summed E-state index contributed by atoms with van der Waals surface area (Å²) < 4.78 is 48.3. The zero-order valence-electron chi connectivity index (χ0n) is 30.8. The van der Waals surface area contributed by atoms with Crippen LogP contribution in [0.2, 0.25) is 0 Å². The van der Waals surface area contributed by atoms with Crippen LogP contribution in [0.4, 0.5) is 0 Å². The molecule has 10 N–H and O–H groups in total. The van der Waals surface area contributed by atoms with Crippen LogP contribution in [0.1, 0.15) is 110 Å². The van der Waals surface area contributed by atoms with E-state index in [1.807, 2.05) is 5.92 Å². The molecule has 1 saturated carbocycles. The quantitative estimate of drug-likeness (QED) is 0.0220. The molecule has 0 aromatic heterocycles. The molecule has 0 radical (unpaired) electrons. The number of aliphatic hydroxyl groups excluding tert-OH is 4. The summed E-state index contributed by atoms with van der Waals surface area (Å²) in [6.07, 6.45) is 3.94. The minimum absolute atomic E-state index is 0. The van der Waals surface area contributed by atoms with Crippen LogP contribution in [0.25, 0.3) is 0 Å². The molecule has 0 heterocycles. The Kier molecular flexibility index (Phi) is 27.4. The van der Waals surface area contributed by atoms with E-state index in [0.717, 1.165) is 32.1 Å². The van der Waals surface area contributed by atoms with Gasteiger partial charge in [0.2, 0.25) is 0 Å². The lowest BCUT2D eigenvalue weighted by molar-refractivity contribution is -0.216. The van der Waals surface area contributed by atoms with Gasteiger partial charge in [0.25, 0.3) is 0 Å². The first kappa shape index (κ1) is 51.8. The normalized spacial score (nSPS) is 21.7. The number of hydrogen-bond acceptors (Lipinski definition) is 14. The highest BCUT2D eigenvalue weighted by atomic mass is 31.2. The molecule has 0 aromatic rings. The Morgan fingerprint density at radius 3 is 1.65 bits per heavy atom. The van der Waals surface area contributed by atoms with E-state index in [1.54, 1.807) is 0 Å². The Morgan fingerprint density at radius 2 is 1.15 bits per heavy atom. The Morgan fingerprint density at radius 1 is 0.673 bits per heavy atom. The number of unbranched alkanes of at least 4 members (excludes halogenated alkanes) is 12. The molecule has 1 fully saturated rings. The number of carbonyl (C=O) groups excluding carboxylic acids is 2. The van der Waals surface area contributed by atoms with E-state index in [9.17, 15) is 44.0 Å². The van der Waals surface area contributed by atoms with Crippen molar-refractivity contribution in [3.63, 3.8) is 0 Å². The highest BCUT2D eigenvalue weighted by molar-refractivity contribution is 7.47. The van der Waals surface area contributed by atoms with Crippen LogP contribution in [0.5, 0.6) is 0 Å². The molecule has 1 aliphatic carbocycles. The van der Waals surface area contributed by atoms with Crippen molar-refractivity contribution in [2.24, 2.45) is 0 Å². The van der Waals surface area contributed by atoms with Gasteiger partial charge in [-0.25, -0.2) is 13.9 Å². The summed E-state index contributed by atoms with van der Waals surface area (Å²) in [6.45, 7) is 0.531. The van der Waals surface area contributed by atoms with Crippen LogP contribution in [0.3, 0.4) is 0 Å². The maximum atomic E-state index is 12.8. The third-order valence-electron chi connectivity index (χ3n) is 7.78. The van der Waals surface area contributed by atoms with Crippen LogP contribution >= 0.6 is 15.6 Å². The van der Waals surface area contributed by atoms with Gasteiger partial charge in [-0.3, -0.25) is 18.4 Å². The lowest BCUT2D eigenvalue weighted by atomic mass is 9.85. The average Bonchev–Trinajstić information content (AvgIpc) is 3.11. The molecule has 0 bridgehead atoms. The minimum atomic E-state index is -5.38. The number of hydrogen-bond donors (Lipinski definition) is 8. The van der Waals surface area contributed by atoms with Gasteiger partial charge >= 0.3 is 27.6 Å². The van der Waals surface area contributed by atoms with Crippen molar-refractivity contribution in [3.8, 4) is 59.7 Å². The van der Waals surface area contributed by atoms with Crippen molar-refractivity contribution in [2.45, 2.75) is 140 Å². The van der Waals surface area contributed by atoms with Crippen molar-refractivity contribution in [2.75, 3.05) is 13.2 Å². The number of phosphoric ester groups is 2. The van der Waals surface area contributed by atoms with E-state index < -0.39 is 83.5 Å². The van der Waals surface area contributed by atoms with Gasteiger partial charge in [0, 0.05) is 25.2 Å². The standard InChI is InChI=1S/C36H50O16P2.H3N.9H2/c1-3-5-7-9-11-13-14-15-16-17-19-21-23-25-30(38)50-28(26-48-29(37)24-22-20-18-12-10-8-6-4-2)27-49-54(46,47)52-36-33(41)31(39)32(40)35(34(36)42)51-53(43,44)45;;;;;;;;;;/h2,28,31-36,39-42H,3,5,7,9,11,13-17,19,21,23,25-27H2,1H3,(H,46,47)(H2,43,44,45);1H3;9*1H/t28-,31?,32+,33?,34+,35?,36?;;;;;;;;;;/m1........../s1. The van der Waals surface area contributed by atoms with Crippen LogP contribution in [0, 0.1) is 59.7 Å². The van der Waals surface area contributed by atoms with Crippen LogP contribution in [-0.4, -0.2) is 103 Å². The summed E-state index contributed by atoms with van der Waals surface area (Å²) >= 11 is 0. The van der Waals surface area contributed by atoms with Crippen molar-refractivity contribution in [3.05, 3.63) is 0 Å². The number of aliphatic hydroxyl groups is 4. The maximum absolute atomic E-state index is 12.8. The second-order valence-electron chi connectivity index (χ2n) is 12.2. The van der Waals surface area contributed by atoms with Crippen molar-refractivity contribution < 1.29 is 89.7 Å². The van der Waals surface area contributed by atoms with E-state index >= 15 is 0 Å². The summed E-state index contributed by atoms with van der Waals surface area (Å²) in [5.74, 6) is 18.2. The van der Waals surface area contributed by atoms with E-state index in [2.05, 4.69) is 58.8 Å². The molecule has 0 spiro atoms. The van der Waals surface area contributed by atoms with Gasteiger partial charge in [-0.2, -0.15) is 0 Å². The predicted molar refractivity (Wildman–Crippen MR) is 217 cm³/mol. The molecule has 0 aromatic carbocycles. The Bertz CT molecular complexity index is 1600. The molecule has 0 amide bonds. The molecule has 1 rings (SSSR count). The summed E-state index contributed by atoms with van der Waals surface area (Å²) in [5.41, 5.74) is 0. The maximum Gasteiger partial charge on any atom is 0.472 e. The highest BCUT2D eigenvalue weighted by Gasteiger charge is 2.54. The topological polar surface area (TPSA) is 291 Å². The molecule has 5 unspecified atom stereocenters. The molecule has 8 atom stereocenters. The number of terminal acetylenes is 1. The van der Waals surface area contributed by atoms with Crippen molar-refractivity contribution in [1.29, 1.82) is 0 Å². The zero-order valence-corrected chi connectivity index (χ0v) is 32.6. The van der Waals surface area contributed by atoms with Crippen molar-refractivity contribution >= 4 is 27.6 Å². The lowest BCUT2D eigenvalue weighted by Gasteiger charge is -2.43. The van der Waals surface area contributed by atoms with Gasteiger partial charge in [-0.05, 0) is 53.8 Å². The third-order valence-corrected chi connectivity index (χ3v) is 9.28. The lowest BCUT2D eigenvalue weighted by Crippen LogP contribution is -2.64. The molecular weight excluding hydrogens is 764 g/mol. The predicted octanol–water partition coefficient (Wildman–Crippen LogP) is 4.38. The zero-order chi connectivity index (χ0) is 40.4. The largest absolute Gasteiger partial charge is 0.472 e. The first-order chi connectivity index (χ1) is 25.6. The first-order valence-electron chi connectivity index (χ1n) is 17.6. The Labute approximate surface area is 336 Å². The minimum Gasteiger partial charge on any atom is -0.456 e. The van der Waals surface area contributed by atoms with E-state index in [4.69, 9.17) is 34.7 Å². The molecular formula is C36H71NO16P2. The van der Waals surface area contributed by atoms with Crippen LogP contribution < -0.4 is 6.15 Å². The van der Waals surface area contributed by atoms with E-state index in [-0.39, 0.29) is 25.4 Å². The highest BCUT2D eigenvalue weighted by Crippen LogP contribution is 2.49. The summed E-state index contributed by atoms with van der Waals surface area (Å²) in [5, 5.41) is 40.8. The fraction of sp³-hybridized carbons (Fsp3) is 0.667. The van der Waals surface area contributed by atoms with Gasteiger partial charge in [-0.1, -0.05) is 84.0 Å². The first-order valence-corrected chi connectivity index (χ1v) is 20.6. The molecule has 55 heavy (non-hydrogen) atoms. The summed E-state index contributed by atoms with van der Waals surface area (Å²) in [4.78, 5) is 53.3. The van der Waals surface area contributed by atoms with E-state index in [0.29, 0.717) is 6.42 Å². The Balaban J connectivity index is -0.000000364. The molecule has 19 heteroatoms. The SMILES string of the molecule is C#CC#CC#CC#CC#CC(=O)OC[C@H](COP(=O)(O)OC1C(O)C(O)[C@H](O)C(OP(=O)(O)O)[C@@H]1O)OC(=O)CCCCCCCCCCCCCCC.N.[HH].[HH].[HH].[HH].[HH].[HH].[HH].[HH].[HH]. The second kappa shape index (κ2) is 29.1. The molecule has 1 aliphatic rings. The average molecular weight is 836 g/mol. The fourth-order valence-corrected chi connectivity index (χ4v) is 6.62. The molecule has 326 valence electrons. The number of rotatable bonds is 24. The fourth-order valence-electron chi connectivity index (χ4n) is 5.08. The smallest absolute Gasteiger partial charge is 0.456 e. The van der Waals surface area contributed by atoms with Gasteiger partial charge in [0.15, 0.2) is 6.10 Å². The van der Waals surface area contributed by atoms with Crippen LogP contribution in [0.15, 0.2) is 0 Å². The second-order valence-corrected chi connectivity index (χ2v) is 14.8. The Hall–Kier alpha value is -3.24. The number of ether oxygens (including phenoxy) is 2. The molecule has 0 saturated heterocycles. The number of phosphoric acid groups is 2. The van der Waals surface area contributed by atoms with Crippen LogP contribution in [-0.2, 0) is 41.8 Å². The van der Waals surface area contributed by atoms with Gasteiger partial charge in [0.1, 0.15) is 43.2 Å². The van der Waals surface area contributed by atoms with Gasteiger partial charge < -0.3 is 50.7 Å². The van der Waals surface area contributed by atoms with Gasteiger partial charge in [0.05, 0.1) is 6.61 Å². The van der Waals surface area contributed by atoms with Gasteiger partial charge in [-0.15, -0.1) is 6.42 Å². The van der Waals surface area contributed by atoms with Crippen molar-refractivity contribution in [1.82, 2.24) is 6.15 Å². The molecule has 0 aliphatic heterocycles.